The van der Waals surface area contributed by atoms with Gasteiger partial charge in [0.05, 0.1) is 24.1 Å². The van der Waals surface area contributed by atoms with Crippen LogP contribution in [0.3, 0.4) is 0 Å². The standard InChI is InChI=1S/C18H19N3O4/c1-10-13(9-14-16(23)15(11(2)22)17(24)19-14)18(25-3)21(20-10)12-7-5-4-6-8-12/h4-9,15-16,23H,1-3H3,(H,19,24). The molecule has 0 radical (unpaired) electrons. The van der Waals surface area contributed by atoms with Gasteiger partial charge in [-0.05, 0) is 32.1 Å². The van der Waals surface area contributed by atoms with Crippen LogP contribution in [-0.4, -0.2) is 39.8 Å². The highest BCUT2D eigenvalue weighted by Crippen LogP contribution is 2.30. The third-order valence-corrected chi connectivity index (χ3v) is 4.18. The van der Waals surface area contributed by atoms with Crippen LogP contribution in [0, 0.1) is 12.8 Å². The smallest absolute Gasteiger partial charge is 0.237 e. The van der Waals surface area contributed by atoms with E-state index in [2.05, 4.69) is 10.4 Å². The molecule has 0 spiro atoms. The number of ether oxygens (including phenoxy) is 1. The second kappa shape index (κ2) is 6.52. The zero-order valence-electron chi connectivity index (χ0n) is 14.2. The number of amides is 1. The number of nitrogens with zero attached hydrogens (tertiary/aromatic N) is 2. The Balaban J connectivity index is 2.06. The van der Waals surface area contributed by atoms with E-state index in [4.69, 9.17) is 4.74 Å². The normalized spacial score (nSPS) is 21.4. The Labute approximate surface area is 144 Å². The Hall–Kier alpha value is -2.93. The molecule has 2 N–H and O–H groups in total. The summed E-state index contributed by atoms with van der Waals surface area (Å²) in [5.41, 5.74) is 2.38. The van der Waals surface area contributed by atoms with Gasteiger partial charge in [-0.1, -0.05) is 18.2 Å². The van der Waals surface area contributed by atoms with Crippen LogP contribution in [0.25, 0.3) is 11.8 Å². The molecule has 1 amide bonds. The van der Waals surface area contributed by atoms with Crippen LogP contribution in [0.15, 0.2) is 36.0 Å². The van der Waals surface area contributed by atoms with Crippen molar-refractivity contribution in [3.05, 3.63) is 47.3 Å². The molecule has 2 heterocycles. The summed E-state index contributed by atoms with van der Waals surface area (Å²) in [5, 5.41) is 17.3. The van der Waals surface area contributed by atoms with E-state index in [-0.39, 0.29) is 11.5 Å². The lowest BCUT2D eigenvalue weighted by molar-refractivity contribution is -0.132. The van der Waals surface area contributed by atoms with E-state index in [1.165, 1.54) is 14.0 Å². The van der Waals surface area contributed by atoms with E-state index >= 15 is 0 Å². The third-order valence-electron chi connectivity index (χ3n) is 4.18. The number of aryl methyl sites for hydroxylation is 1. The van der Waals surface area contributed by atoms with Crippen molar-refractivity contribution in [2.75, 3.05) is 7.11 Å². The number of methoxy groups -OCH3 is 1. The average molecular weight is 341 g/mol. The van der Waals surface area contributed by atoms with Gasteiger partial charge in [0.2, 0.25) is 11.8 Å². The predicted molar refractivity (Wildman–Crippen MR) is 91.2 cm³/mol. The molecule has 2 atom stereocenters. The van der Waals surface area contributed by atoms with Crippen molar-refractivity contribution in [3.8, 4) is 11.6 Å². The van der Waals surface area contributed by atoms with Crippen LogP contribution < -0.4 is 10.1 Å². The number of ketones is 1. The van der Waals surface area contributed by atoms with Gasteiger partial charge >= 0.3 is 0 Å². The first-order chi connectivity index (χ1) is 11.9. The van der Waals surface area contributed by atoms with Crippen LogP contribution >= 0.6 is 0 Å². The topological polar surface area (TPSA) is 93.4 Å². The van der Waals surface area contributed by atoms with E-state index in [0.717, 1.165) is 5.69 Å². The van der Waals surface area contributed by atoms with Crippen molar-refractivity contribution >= 4 is 17.8 Å². The molecule has 130 valence electrons. The molecule has 1 fully saturated rings. The van der Waals surface area contributed by atoms with Crippen molar-refractivity contribution < 1.29 is 19.4 Å². The zero-order valence-corrected chi connectivity index (χ0v) is 14.2. The number of aliphatic hydroxyl groups is 1. The summed E-state index contributed by atoms with van der Waals surface area (Å²) < 4.78 is 7.14. The number of Topliss-reactive ketones (excluding diaryl/α,β-unsaturated/α-hetero) is 1. The molecule has 0 bridgehead atoms. The Kier molecular flexibility index (Phi) is 4.41. The zero-order chi connectivity index (χ0) is 18.1. The van der Waals surface area contributed by atoms with Gasteiger partial charge in [0, 0.05) is 5.70 Å². The molecule has 2 aromatic rings. The molecule has 1 aromatic heterocycles. The fourth-order valence-electron chi connectivity index (χ4n) is 2.93. The molecule has 7 nitrogen and oxygen atoms in total. The molecule has 3 rings (SSSR count). The Bertz CT molecular complexity index is 855. The maximum Gasteiger partial charge on any atom is 0.237 e. The molecule has 1 aliphatic rings. The molecule has 0 saturated carbocycles. The van der Waals surface area contributed by atoms with Gasteiger partial charge in [-0.15, -0.1) is 0 Å². The molecule has 1 aliphatic heterocycles. The lowest BCUT2D eigenvalue weighted by Gasteiger charge is -2.09. The number of carbonyl (C=O) groups is 2. The minimum atomic E-state index is -1.20. The highest BCUT2D eigenvalue weighted by Gasteiger charge is 2.40. The number of benzene rings is 1. The minimum Gasteiger partial charge on any atom is -0.480 e. The number of rotatable bonds is 4. The van der Waals surface area contributed by atoms with Crippen molar-refractivity contribution in [2.24, 2.45) is 5.92 Å². The Morgan fingerprint density at radius 1 is 1.36 bits per heavy atom. The number of aliphatic hydroxyl groups excluding tert-OH is 1. The summed E-state index contributed by atoms with van der Waals surface area (Å²) in [6.07, 6.45) is 0.403. The number of carbonyl (C=O) groups excluding carboxylic acids is 2. The van der Waals surface area contributed by atoms with Crippen LogP contribution in [0.2, 0.25) is 0 Å². The summed E-state index contributed by atoms with van der Waals surface area (Å²) in [6, 6.07) is 9.47. The minimum absolute atomic E-state index is 0.263. The Morgan fingerprint density at radius 2 is 2.04 bits per heavy atom. The molecule has 1 saturated heterocycles. The number of aromatic nitrogens is 2. The Morgan fingerprint density at radius 3 is 2.60 bits per heavy atom. The average Bonchev–Trinajstić information content (AvgIpc) is 3.05. The van der Waals surface area contributed by atoms with Crippen molar-refractivity contribution in [1.29, 1.82) is 0 Å². The molecular formula is C18H19N3O4. The van der Waals surface area contributed by atoms with Crippen LogP contribution in [0.1, 0.15) is 18.2 Å². The summed E-state index contributed by atoms with van der Waals surface area (Å²) in [5.74, 6) is -1.49. The van der Waals surface area contributed by atoms with Crippen molar-refractivity contribution in [2.45, 2.75) is 20.0 Å². The number of para-hydroxylation sites is 1. The monoisotopic (exact) mass is 341 g/mol. The highest BCUT2D eigenvalue weighted by atomic mass is 16.5. The number of nitrogens with one attached hydrogen (secondary N) is 1. The second-order valence-electron chi connectivity index (χ2n) is 5.88. The highest BCUT2D eigenvalue weighted by molar-refractivity contribution is 6.04. The van der Waals surface area contributed by atoms with Crippen LogP contribution in [0.4, 0.5) is 0 Å². The van der Waals surface area contributed by atoms with E-state index in [0.29, 0.717) is 17.1 Å². The maximum absolute atomic E-state index is 11.9. The largest absolute Gasteiger partial charge is 0.480 e. The van der Waals surface area contributed by atoms with Gasteiger partial charge in [0.25, 0.3) is 0 Å². The first-order valence-corrected chi connectivity index (χ1v) is 7.84. The van der Waals surface area contributed by atoms with Gasteiger partial charge < -0.3 is 15.2 Å². The molecule has 0 aliphatic carbocycles. The van der Waals surface area contributed by atoms with Gasteiger partial charge in [0.15, 0.2) is 0 Å². The van der Waals surface area contributed by atoms with E-state index < -0.39 is 17.9 Å². The predicted octanol–water partition coefficient (Wildman–Crippen LogP) is 1.23. The fraction of sp³-hybridized carbons (Fsp3) is 0.278. The lowest BCUT2D eigenvalue weighted by Crippen LogP contribution is -2.28. The lowest BCUT2D eigenvalue weighted by atomic mass is 9.99. The summed E-state index contributed by atoms with van der Waals surface area (Å²) in [7, 11) is 1.53. The number of hydrogen-bond acceptors (Lipinski definition) is 5. The summed E-state index contributed by atoms with van der Waals surface area (Å²) in [4.78, 5) is 23.5. The van der Waals surface area contributed by atoms with E-state index in [1.807, 2.05) is 30.3 Å². The maximum atomic E-state index is 11.9. The van der Waals surface area contributed by atoms with Gasteiger partial charge in [-0.2, -0.15) is 5.10 Å². The molecule has 25 heavy (non-hydrogen) atoms. The van der Waals surface area contributed by atoms with E-state index in [9.17, 15) is 14.7 Å². The van der Waals surface area contributed by atoms with Crippen molar-refractivity contribution in [1.82, 2.24) is 15.1 Å². The van der Waals surface area contributed by atoms with Crippen molar-refractivity contribution in [3.63, 3.8) is 0 Å². The van der Waals surface area contributed by atoms with Gasteiger partial charge in [0.1, 0.15) is 17.8 Å². The first kappa shape index (κ1) is 16.9. The summed E-state index contributed by atoms with van der Waals surface area (Å²) >= 11 is 0. The third kappa shape index (κ3) is 2.94. The van der Waals surface area contributed by atoms with Crippen LogP contribution in [-0.2, 0) is 9.59 Å². The SMILES string of the molecule is COc1c(C=C2NC(=O)C(C(C)=O)C2O)c(C)nn1-c1ccccc1. The van der Waals surface area contributed by atoms with Gasteiger partial charge in [-0.3, -0.25) is 9.59 Å². The second-order valence-corrected chi connectivity index (χ2v) is 5.88. The summed E-state index contributed by atoms with van der Waals surface area (Å²) in [6.45, 7) is 3.09. The first-order valence-electron chi connectivity index (χ1n) is 7.84. The van der Waals surface area contributed by atoms with Gasteiger partial charge in [-0.25, -0.2) is 4.68 Å². The molecule has 7 heteroatoms. The number of hydrogen-bond donors (Lipinski definition) is 2. The fourth-order valence-corrected chi connectivity index (χ4v) is 2.93. The molecular weight excluding hydrogens is 322 g/mol. The quantitative estimate of drug-likeness (QED) is 0.816. The molecule has 2 unspecified atom stereocenters. The van der Waals surface area contributed by atoms with Crippen LogP contribution in [0.5, 0.6) is 5.88 Å². The molecule has 1 aromatic carbocycles. The van der Waals surface area contributed by atoms with E-state index in [1.54, 1.807) is 17.7 Å².